The Hall–Kier alpha value is -1.43. The first-order chi connectivity index (χ1) is 6.24. The van der Waals surface area contributed by atoms with Crippen LogP contribution in [0.15, 0.2) is 0 Å². The average molecular weight is 184 g/mol. The van der Waals surface area contributed by atoms with Crippen molar-refractivity contribution < 1.29 is 10.0 Å². The van der Waals surface area contributed by atoms with E-state index in [1.165, 1.54) is 5.48 Å². The molecule has 0 atom stereocenters. The summed E-state index contributed by atoms with van der Waals surface area (Å²) in [7, 11) is 0. The van der Waals surface area contributed by atoms with E-state index in [0.717, 1.165) is 5.69 Å². The molecule has 0 aliphatic rings. The van der Waals surface area contributed by atoms with Crippen LogP contribution < -0.4 is 5.48 Å². The van der Waals surface area contributed by atoms with Crippen LogP contribution in [0.1, 0.15) is 30.0 Å². The maximum Gasteiger partial charge on any atom is 0.297 e. The summed E-state index contributed by atoms with van der Waals surface area (Å²) in [5, 5.41) is 15.9. The number of hydrogen-bond acceptors (Lipinski definition) is 4. The van der Waals surface area contributed by atoms with E-state index in [1.54, 1.807) is 4.68 Å². The Kier molecular flexibility index (Phi) is 2.97. The summed E-state index contributed by atoms with van der Waals surface area (Å²) >= 11 is 0. The summed E-state index contributed by atoms with van der Waals surface area (Å²) in [6.45, 7) is 4.47. The Morgan fingerprint density at radius 2 is 2.31 bits per heavy atom. The molecule has 0 saturated carbocycles. The second-order valence-corrected chi connectivity index (χ2v) is 2.49. The number of aromatic nitrogens is 3. The summed E-state index contributed by atoms with van der Waals surface area (Å²) < 4.78 is 1.63. The van der Waals surface area contributed by atoms with Crippen molar-refractivity contribution >= 4 is 5.91 Å². The largest absolute Gasteiger partial charge is 0.297 e. The molecule has 0 radical (unpaired) electrons. The van der Waals surface area contributed by atoms with Gasteiger partial charge >= 0.3 is 0 Å². The Balaban J connectivity index is 3.07. The molecule has 1 aromatic rings. The van der Waals surface area contributed by atoms with Crippen LogP contribution in [0, 0.1) is 0 Å². The van der Waals surface area contributed by atoms with Crippen LogP contribution in [0.3, 0.4) is 0 Å². The van der Waals surface area contributed by atoms with E-state index in [1.807, 2.05) is 13.8 Å². The molecule has 2 N–H and O–H groups in total. The summed E-state index contributed by atoms with van der Waals surface area (Å²) in [5.74, 6) is -0.614. The van der Waals surface area contributed by atoms with Crippen LogP contribution in [0.5, 0.6) is 0 Å². The van der Waals surface area contributed by atoms with Crippen molar-refractivity contribution in [1.82, 2.24) is 20.5 Å². The van der Waals surface area contributed by atoms with Crippen molar-refractivity contribution in [2.24, 2.45) is 0 Å². The second-order valence-electron chi connectivity index (χ2n) is 2.49. The number of hydroxylamine groups is 1. The molecule has 1 amide bonds. The molecular weight excluding hydrogens is 172 g/mol. The van der Waals surface area contributed by atoms with Gasteiger partial charge in [-0.1, -0.05) is 12.1 Å². The fourth-order valence-electron chi connectivity index (χ4n) is 1.17. The maximum atomic E-state index is 11.0. The van der Waals surface area contributed by atoms with E-state index in [9.17, 15) is 4.79 Å². The molecule has 0 fully saturated rings. The fraction of sp³-hybridized carbons (Fsp3) is 0.571. The zero-order chi connectivity index (χ0) is 9.84. The van der Waals surface area contributed by atoms with Gasteiger partial charge in [0.25, 0.3) is 5.91 Å². The van der Waals surface area contributed by atoms with E-state index >= 15 is 0 Å². The Morgan fingerprint density at radius 1 is 1.62 bits per heavy atom. The highest BCUT2D eigenvalue weighted by Gasteiger charge is 2.16. The first-order valence-corrected chi connectivity index (χ1v) is 4.11. The van der Waals surface area contributed by atoms with Gasteiger partial charge in [0.05, 0.1) is 5.69 Å². The molecule has 0 saturated heterocycles. The zero-order valence-electron chi connectivity index (χ0n) is 7.61. The van der Waals surface area contributed by atoms with Gasteiger partial charge in [-0.25, -0.2) is 10.2 Å². The third-order valence-corrected chi connectivity index (χ3v) is 1.79. The molecule has 1 aromatic heterocycles. The van der Waals surface area contributed by atoms with Crippen molar-refractivity contribution in [3.8, 4) is 0 Å². The number of rotatable bonds is 3. The lowest BCUT2D eigenvalue weighted by Crippen LogP contribution is -2.21. The lowest BCUT2D eigenvalue weighted by atomic mass is 10.2. The first-order valence-electron chi connectivity index (χ1n) is 4.11. The highest BCUT2D eigenvalue weighted by molar-refractivity contribution is 5.92. The predicted octanol–water partition coefficient (Wildman–Crippen LogP) is -0.0206. The molecule has 0 bridgehead atoms. The molecule has 0 aliphatic heterocycles. The molecule has 6 heteroatoms. The number of amides is 1. The second kappa shape index (κ2) is 3.99. The van der Waals surface area contributed by atoms with E-state index < -0.39 is 5.91 Å². The standard InChI is InChI=1S/C7H12N4O2/c1-3-5-6(7(12)9-13)8-10-11(5)4-2/h13H,3-4H2,1-2H3,(H,9,12). The van der Waals surface area contributed by atoms with Crippen LogP contribution in [0.25, 0.3) is 0 Å². The minimum absolute atomic E-state index is 0.187. The van der Waals surface area contributed by atoms with Gasteiger partial charge in [-0.15, -0.1) is 5.10 Å². The number of aryl methyl sites for hydroxylation is 1. The van der Waals surface area contributed by atoms with Crippen LogP contribution in [0.4, 0.5) is 0 Å². The number of nitrogens with one attached hydrogen (secondary N) is 1. The summed E-state index contributed by atoms with van der Waals surface area (Å²) in [4.78, 5) is 11.0. The van der Waals surface area contributed by atoms with Crippen molar-refractivity contribution in [3.05, 3.63) is 11.4 Å². The number of nitrogens with zero attached hydrogens (tertiary/aromatic N) is 3. The monoisotopic (exact) mass is 184 g/mol. The molecule has 6 nitrogen and oxygen atoms in total. The number of carbonyl (C=O) groups is 1. The van der Waals surface area contributed by atoms with Crippen molar-refractivity contribution in [3.63, 3.8) is 0 Å². The van der Waals surface area contributed by atoms with E-state index in [-0.39, 0.29) is 5.69 Å². The molecule has 13 heavy (non-hydrogen) atoms. The highest BCUT2D eigenvalue weighted by Crippen LogP contribution is 2.05. The van der Waals surface area contributed by atoms with Crippen LogP contribution >= 0.6 is 0 Å². The fourth-order valence-corrected chi connectivity index (χ4v) is 1.17. The van der Waals surface area contributed by atoms with Gasteiger partial charge in [-0.05, 0) is 13.3 Å². The average Bonchev–Trinajstić information content (AvgIpc) is 2.58. The third-order valence-electron chi connectivity index (χ3n) is 1.79. The number of hydrogen-bond donors (Lipinski definition) is 2. The molecular formula is C7H12N4O2. The lowest BCUT2D eigenvalue weighted by molar-refractivity contribution is 0.0699. The van der Waals surface area contributed by atoms with Gasteiger partial charge < -0.3 is 0 Å². The number of carbonyl (C=O) groups excluding carboxylic acids is 1. The van der Waals surface area contributed by atoms with Crippen molar-refractivity contribution in [2.45, 2.75) is 26.8 Å². The molecule has 0 aliphatic carbocycles. The summed E-state index contributed by atoms with van der Waals surface area (Å²) in [6.07, 6.45) is 0.656. The van der Waals surface area contributed by atoms with Gasteiger partial charge in [-0.3, -0.25) is 10.0 Å². The topological polar surface area (TPSA) is 80.0 Å². The van der Waals surface area contributed by atoms with E-state index in [0.29, 0.717) is 13.0 Å². The van der Waals surface area contributed by atoms with Gasteiger partial charge in [0.15, 0.2) is 5.69 Å². The Bertz CT molecular complexity index is 307. The van der Waals surface area contributed by atoms with Crippen LogP contribution in [0.2, 0.25) is 0 Å². The molecule has 0 spiro atoms. The minimum Gasteiger partial charge on any atom is -0.288 e. The van der Waals surface area contributed by atoms with E-state index in [2.05, 4.69) is 10.3 Å². The third kappa shape index (κ3) is 1.67. The zero-order valence-corrected chi connectivity index (χ0v) is 7.61. The lowest BCUT2D eigenvalue weighted by Gasteiger charge is -2.00. The maximum absolute atomic E-state index is 11.0. The van der Waals surface area contributed by atoms with Gasteiger partial charge in [0, 0.05) is 6.54 Å². The Labute approximate surface area is 75.5 Å². The Morgan fingerprint density at radius 3 is 2.77 bits per heavy atom. The van der Waals surface area contributed by atoms with E-state index in [4.69, 9.17) is 5.21 Å². The normalized spacial score (nSPS) is 10.1. The summed E-state index contributed by atoms with van der Waals surface area (Å²) in [6, 6.07) is 0. The summed E-state index contributed by atoms with van der Waals surface area (Å²) in [5.41, 5.74) is 2.46. The van der Waals surface area contributed by atoms with Gasteiger partial charge in [0.2, 0.25) is 0 Å². The molecule has 1 rings (SSSR count). The smallest absolute Gasteiger partial charge is 0.288 e. The molecule has 1 heterocycles. The van der Waals surface area contributed by atoms with Crippen molar-refractivity contribution in [1.29, 1.82) is 0 Å². The van der Waals surface area contributed by atoms with Crippen molar-refractivity contribution in [2.75, 3.05) is 0 Å². The SMILES string of the molecule is CCc1c(C(=O)NO)nnn1CC. The van der Waals surface area contributed by atoms with Crippen LogP contribution in [-0.4, -0.2) is 26.1 Å². The predicted molar refractivity (Wildman–Crippen MR) is 44.3 cm³/mol. The minimum atomic E-state index is -0.614. The van der Waals surface area contributed by atoms with Gasteiger partial charge in [0.1, 0.15) is 0 Å². The van der Waals surface area contributed by atoms with Crippen LogP contribution in [-0.2, 0) is 13.0 Å². The molecule has 0 aromatic carbocycles. The molecule has 0 unspecified atom stereocenters. The quantitative estimate of drug-likeness (QED) is 0.511. The van der Waals surface area contributed by atoms with Gasteiger partial charge in [-0.2, -0.15) is 0 Å². The molecule has 72 valence electrons. The highest BCUT2D eigenvalue weighted by atomic mass is 16.5. The first kappa shape index (κ1) is 9.66.